The Balaban J connectivity index is 1.73. The highest BCUT2D eigenvalue weighted by Gasteiger charge is 2.18. The predicted molar refractivity (Wildman–Crippen MR) is 77.6 cm³/mol. The summed E-state index contributed by atoms with van der Waals surface area (Å²) in [4.78, 5) is 2.50. The average molecular weight is 282 g/mol. The van der Waals surface area contributed by atoms with Crippen molar-refractivity contribution in [1.29, 1.82) is 0 Å². The van der Waals surface area contributed by atoms with Crippen LogP contribution in [-0.4, -0.2) is 30.6 Å². The molecule has 4 heteroatoms. The third-order valence-electron chi connectivity index (χ3n) is 3.93. The van der Waals surface area contributed by atoms with Crippen LogP contribution in [0.1, 0.15) is 38.2 Å². The molecule has 2 nitrogen and oxygen atoms in total. The van der Waals surface area contributed by atoms with Gasteiger partial charge in [0.1, 0.15) is 11.6 Å². The lowest BCUT2D eigenvalue weighted by molar-refractivity contribution is 0.195. The molecule has 0 aromatic heterocycles. The maximum Gasteiger partial charge on any atom is 0.126 e. The molecule has 112 valence electrons. The standard InChI is InChI=1S/C16H24F2N2/c1-2-3-6-20-7-4-16(5-8-20)19-12-13-9-14(17)11-15(18)10-13/h9-11,16,19H,2-8,12H2,1H3. The molecule has 0 bridgehead atoms. The number of unbranched alkanes of at least 4 members (excludes halogenated alkanes) is 1. The molecule has 0 amide bonds. The highest BCUT2D eigenvalue weighted by molar-refractivity contribution is 5.17. The van der Waals surface area contributed by atoms with E-state index in [9.17, 15) is 8.78 Å². The van der Waals surface area contributed by atoms with Crippen molar-refractivity contribution in [2.75, 3.05) is 19.6 Å². The molecule has 1 aliphatic heterocycles. The van der Waals surface area contributed by atoms with Crippen molar-refractivity contribution in [2.45, 2.75) is 45.2 Å². The number of nitrogens with one attached hydrogen (secondary N) is 1. The van der Waals surface area contributed by atoms with Gasteiger partial charge in [-0.25, -0.2) is 8.78 Å². The van der Waals surface area contributed by atoms with Gasteiger partial charge < -0.3 is 10.2 Å². The SMILES string of the molecule is CCCCN1CCC(NCc2cc(F)cc(F)c2)CC1. The van der Waals surface area contributed by atoms with E-state index in [0.717, 1.165) is 32.0 Å². The lowest BCUT2D eigenvalue weighted by Crippen LogP contribution is -2.42. The number of rotatable bonds is 6. The first-order valence-electron chi connectivity index (χ1n) is 7.58. The van der Waals surface area contributed by atoms with Gasteiger partial charge in [0.25, 0.3) is 0 Å². The number of likely N-dealkylation sites (tertiary alicyclic amines) is 1. The van der Waals surface area contributed by atoms with Crippen molar-refractivity contribution in [2.24, 2.45) is 0 Å². The van der Waals surface area contributed by atoms with E-state index in [1.165, 1.54) is 31.5 Å². The van der Waals surface area contributed by atoms with Gasteiger partial charge >= 0.3 is 0 Å². The molecule has 1 N–H and O–H groups in total. The summed E-state index contributed by atoms with van der Waals surface area (Å²) in [5.41, 5.74) is 0.677. The molecule has 2 rings (SSSR count). The van der Waals surface area contributed by atoms with Crippen LogP contribution in [0.3, 0.4) is 0 Å². The van der Waals surface area contributed by atoms with Crippen LogP contribution >= 0.6 is 0 Å². The lowest BCUT2D eigenvalue weighted by atomic mass is 10.0. The van der Waals surface area contributed by atoms with Crippen molar-refractivity contribution < 1.29 is 8.78 Å². The van der Waals surface area contributed by atoms with Crippen molar-refractivity contribution in [3.63, 3.8) is 0 Å². The lowest BCUT2D eigenvalue weighted by Gasteiger charge is -2.32. The summed E-state index contributed by atoms with van der Waals surface area (Å²) < 4.78 is 26.2. The molecule has 1 aliphatic rings. The summed E-state index contributed by atoms with van der Waals surface area (Å²) in [6.45, 7) is 6.18. The van der Waals surface area contributed by atoms with Gasteiger partial charge in [-0.3, -0.25) is 0 Å². The first-order valence-corrected chi connectivity index (χ1v) is 7.58. The van der Waals surface area contributed by atoms with E-state index in [1.807, 2.05) is 0 Å². The maximum absolute atomic E-state index is 13.1. The van der Waals surface area contributed by atoms with Crippen LogP contribution in [-0.2, 0) is 6.54 Å². The van der Waals surface area contributed by atoms with Gasteiger partial charge in [-0.1, -0.05) is 13.3 Å². The fraction of sp³-hybridized carbons (Fsp3) is 0.625. The Morgan fingerprint density at radius 1 is 1.15 bits per heavy atom. The Morgan fingerprint density at radius 3 is 2.40 bits per heavy atom. The Morgan fingerprint density at radius 2 is 1.80 bits per heavy atom. The van der Waals surface area contributed by atoms with E-state index in [2.05, 4.69) is 17.1 Å². The van der Waals surface area contributed by atoms with Crippen molar-refractivity contribution in [1.82, 2.24) is 10.2 Å². The molecule has 1 aromatic carbocycles. The largest absolute Gasteiger partial charge is 0.310 e. The van der Waals surface area contributed by atoms with Crippen LogP contribution < -0.4 is 5.32 Å². The second-order valence-corrected chi connectivity index (χ2v) is 5.63. The molecule has 20 heavy (non-hydrogen) atoms. The molecule has 0 atom stereocenters. The second kappa shape index (κ2) is 7.70. The molecule has 0 aliphatic carbocycles. The highest BCUT2D eigenvalue weighted by atomic mass is 19.1. The van der Waals surface area contributed by atoms with E-state index in [-0.39, 0.29) is 0 Å². The Hall–Kier alpha value is -1.00. The van der Waals surface area contributed by atoms with Crippen molar-refractivity contribution >= 4 is 0 Å². The Kier molecular flexibility index (Phi) is 5.92. The van der Waals surface area contributed by atoms with Gasteiger partial charge in [-0.15, -0.1) is 0 Å². The highest BCUT2D eigenvalue weighted by Crippen LogP contribution is 2.13. The van der Waals surface area contributed by atoms with Crippen LogP contribution in [0.5, 0.6) is 0 Å². The number of halogens is 2. The van der Waals surface area contributed by atoms with Gasteiger partial charge in [-0.05, 0) is 56.6 Å². The first kappa shape index (κ1) is 15.4. The van der Waals surface area contributed by atoms with E-state index in [4.69, 9.17) is 0 Å². The monoisotopic (exact) mass is 282 g/mol. The van der Waals surface area contributed by atoms with E-state index in [1.54, 1.807) is 0 Å². The topological polar surface area (TPSA) is 15.3 Å². The summed E-state index contributed by atoms with van der Waals surface area (Å²) in [6, 6.07) is 4.16. The zero-order valence-corrected chi connectivity index (χ0v) is 12.2. The summed E-state index contributed by atoms with van der Waals surface area (Å²) in [5, 5.41) is 3.41. The van der Waals surface area contributed by atoms with Crippen molar-refractivity contribution in [3.8, 4) is 0 Å². The molecule has 1 aromatic rings. The Labute approximate surface area is 120 Å². The normalized spacial score (nSPS) is 17.6. The fourth-order valence-electron chi connectivity index (χ4n) is 2.72. The molecule has 0 unspecified atom stereocenters. The summed E-state index contributed by atoms with van der Waals surface area (Å²) >= 11 is 0. The van der Waals surface area contributed by atoms with Crippen LogP contribution in [0.25, 0.3) is 0 Å². The van der Waals surface area contributed by atoms with Gasteiger partial charge in [0.15, 0.2) is 0 Å². The minimum absolute atomic E-state index is 0.458. The minimum atomic E-state index is -0.504. The molecular formula is C16H24F2N2. The average Bonchev–Trinajstić information content (AvgIpc) is 2.43. The van der Waals surface area contributed by atoms with E-state index >= 15 is 0 Å². The smallest absolute Gasteiger partial charge is 0.126 e. The molecule has 1 heterocycles. The maximum atomic E-state index is 13.1. The molecule has 0 radical (unpaired) electrons. The van der Waals surface area contributed by atoms with Crippen LogP contribution in [0.15, 0.2) is 18.2 Å². The minimum Gasteiger partial charge on any atom is -0.310 e. The van der Waals surface area contributed by atoms with E-state index in [0.29, 0.717) is 18.2 Å². The molecule has 1 saturated heterocycles. The summed E-state index contributed by atoms with van der Waals surface area (Å²) in [5.74, 6) is -1.01. The van der Waals surface area contributed by atoms with Gasteiger partial charge in [0, 0.05) is 18.7 Å². The van der Waals surface area contributed by atoms with Gasteiger partial charge in [0.2, 0.25) is 0 Å². The van der Waals surface area contributed by atoms with Crippen LogP contribution in [0.4, 0.5) is 8.78 Å². The number of nitrogens with zero attached hydrogens (tertiary/aromatic N) is 1. The quantitative estimate of drug-likeness (QED) is 0.861. The number of benzene rings is 1. The van der Waals surface area contributed by atoms with Gasteiger partial charge in [-0.2, -0.15) is 0 Å². The zero-order chi connectivity index (χ0) is 14.4. The fourth-order valence-corrected chi connectivity index (χ4v) is 2.72. The Bertz CT molecular complexity index is 395. The molecular weight excluding hydrogens is 258 g/mol. The van der Waals surface area contributed by atoms with Crippen molar-refractivity contribution in [3.05, 3.63) is 35.4 Å². The number of hydrogen-bond acceptors (Lipinski definition) is 2. The molecule has 1 fully saturated rings. The first-order chi connectivity index (χ1) is 9.67. The third-order valence-corrected chi connectivity index (χ3v) is 3.93. The molecule has 0 spiro atoms. The summed E-state index contributed by atoms with van der Waals surface area (Å²) in [6.07, 6.45) is 4.73. The number of hydrogen-bond donors (Lipinski definition) is 1. The zero-order valence-electron chi connectivity index (χ0n) is 12.2. The third kappa shape index (κ3) is 4.84. The summed E-state index contributed by atoms with van der Waals surface area (Å²) in [7, 11) is 0. The number of piperidine rings is 1. The van der Waals surface area contributed by atoms with E-state index < -0.39 is 11.6 Å². The second-order valence-electron chi connectivity index (χ2n) is 5.63. The predicted octanol–water partition coefficient (Wildman–Crippen LogP) is 3.32. The van der Waals surface area contributed by atoms with Crippen LogP contribution in [0, 0.1) is 11.6 Å². The van der Waals surface area contributed by atoms with Gasteiger partial charge in [0.05, 0.1) is 0 Å². The van der Waals surface area contributed by atoms with Crippen LogP contribution in [0.2, 0.25) is 0 Å². The molecule has 0 saturated carbocycles.